The fraction of sp³-hybridized carbons (Fsp3) is 0.378. The lowest BCUT2D eigenvalue weighted by Crippen LogP contribution is -2.68. The summed E-state index contributed by atoms with van der Waals surface area (Å²) in [5.41, 5.74) is 5.65. The highest BCUT2D eigenvalue weighted by atomic mass is 16.7. The Balaban J connectivity index is 1.37. The number of piperazine rings is 1. The van der Waals surface area contributed by atoms with Crippen LogP contribution in [0.1, 0.15) is 66.2 Å². The monoisotopic (exact) mass is 648 g/mol. The molecular weight excluding hydrogens is 612 g/mol. The summed E-state index contributed by atoms with van der Waals surface area (Å²) in [6.07, 6.45) is 2.64. The van der Waals surface area contributed by atoms with E-state index in [4.69, 9.17) is 18.9 Å². The van der Waals surface area contributed by atoms with Gasteiger partial charge in [-0.3, -0.25) is 24.3 Å². The zero-order valence-electron chi connectivity index (χ0n) is 27.3. The number of benzene rings is 3. The van der Waals surface area contributed by atoms with E-state index in [-0.39, 0.29) is 55.6 Å². The third-order valence-corrected chi connectivity index (χ3v) is 10.8. The Morgan fingerprint density at radius 2 is 1.77 bits per heavy atom. The molecule has 0 spiro atoms. The summed E-state index contributed by atoms with van der Waals surface area (Å²) in [6.45, 7) is 7.92. The van der Waals surface area contributed by atoms with Crippen LogP contribution >= 0.6 is 0 Å². The second-order valence-electron chi connectivity index (χ2n) is 13.1. The molecule has 8 rings (SSSR count). The smallest absolute Gasteiger partial charge is 0.261 e. The molecule has 0 aromatic heterocycles. The summed E-state index contributed by atoms with van der Waals surface area (Å²) in [5, 5.41) is 22.7. The van der Waals surface area contributed by atoms with Gasteiger partial charge in [-0.05, 0) is 57.0 Å². The van der Waals surface area contributed by atoms with Crippen molar-refractivity contribution in [2.24, 2.45) is 0 Å². The first kappa shape index (κ1) is 30.3. The van der Waals surface area contributed by atoms with E-state index in [1.807, 2.05) is 20.9 Å². The number of imide groups is 1. The van der Waals surface area contributed by atoms with Gasteiger partial charge < -0.3 is 24.1 Å². The van der Waals surface area contributed by atoms with E-state index < -0.39 is 12.1 Å². The highest BCUT2D eigenvalue weighted by Gasteiger charge is 2.57. The first-order chi connectivity index (χ1) is 23.2. The molecular formula is C37H36N4O7. The van der Waals surface area contributed by atoms with Crippen molar-refractivity contribution < 1.29 is 33.6 Å². The molecule has 1 unspecified atom stereocenters. The molecule has 246 valence electrons. The fourth-order valence-corrected chi connectivity index (χ4v) is 8.92. The highest BCUT2D eigenvalue weighted by Crippen LogP contribution is 2.58. The third-order valence-electron chi connectivity index (χ3n) is 10.8. The van der Waals surface area contributed by atoms with E-state index in [9.17, 15) is 20.0 Å². The van der Waals surface area contributed by atoms with Crippen LogP contribution in [-0.2, 0) is 12.8 Å². The van der Waals surface area contributed by atoms with Crippen LogP contribution in [0.3, 0.4) is 0 Å². The predicted octanol–water partition coefficient (Wildman–Crippen LogP) is 4.38. The summed E-state index contributed by atoms with van der Waals surface area (Å²) in [4.78, 5) is 33.3. The maximum Gasteiger partial charge on any atom is 0.261 e. The number of phenolic OH excluding ortho intramolecular Hbond substituents is 1. The molecule has 3 aromatic carbocycles. The molecule has 0 saturated carbocycles. The minimum atomic E-state index is -0.650. The first-order valence-electron chi connectivity index (χ1n) is 16.1. The molecule has 5 atom stereocenters. The number of amides is 2. The number of methoxy groups -OCH3 is 1. The maximum atomic E-state index is 13.8. The average molecular weight is 649 g/mol. The summed E-state index contributed by atoms with van der Waals surface area (Å²) in [7, 11) is 3.55. The van der Waals surface area contributed by atoms with Crippen molar-refractivity contribution in [3.63, 3.8) is 0 Å². The summed E-state index contributed by atoms with van der Waals surface area (Å²) < 4.78 is 24.2. The first-order valence-corrected chi connectivity index (χ1v) is 16.1. The zero-order valence-corrected chi connectivity index (χ0v) is 27.3. The van der Waals surface area contributed by atoms with Crippen LogP contribution in [0.5, 0.6) is 28.7 Å². The molecule has 5 heterocycles. The Hall–Kier alpha value is -5.05. The molecule has 2 bridgehead atoms. The van der Waals surface area contributed by atoms with Crippen LogP contribution in [0.2, 0.25) is 0 Å². The number of phenols is 1. The molecule has 2 amide bonds. The van der Waals surface area contributed by atoms with Crippen molar-refractivity contribution in [1.29, 1.82) is 5.26 Å². The molecule has 5 aliphatic rings. The van der Waals surface area contributed by atoms with Gasteiger partial charge in [0.2, 0.25) is 6.79 Å². The lowest BCUT2D eigenvalue weighted by Gasteiger charge is -2.60. The molecule has 48 heavy (non-hydrogen) atoms. The van der Waals surface area contributed by atoms with Gasteiger partial charge in [0.15, 0.2) is 23.0 Å². The van der Waals surface area contributed by atoms with Crippen LogP contribution in [0.15, 0.2) is 43.0 Å². The Morgan fingerprint density at radius 1 is 1.06 bits per heavy atom. The molecule has 1 fully saturated rings. The van der Waals surface area contributed by atoms with E-state index in [0.717, 1.165) is 33.4 Å². The number of aromatic hydroxyl groups is 1. The number of rotatable bonds is 6. The van der Waals surface area contributed by atoms with Gasteiger partial charge >= 0.3 is 0 Å². The fourth-order valence-electron chi connectivity index (χ4n) is 8.92. The Kier molecular flexibility index (Phi) is 6.95. The lowest BCUT2D eigenvalue weighted by atomic mass is 9.71. The standard InChI is InChI=1S/C37H36N4O7/c1-6-11-46-33-19(3)34-35(48-17-47-34)29-23(33)14-25-30-28-20(12-18(2)32(45-5)31(28)42)13-24(39(30)4)26(15-38)41(25)27(29)16-40-36(43)21-9-7-8-10-22(21)37(40)44/h6-10,12,24-27,30,42H,1,11,13-14,16-17H2,2-5H3/t24?,25-,26-,27-,30-/m0/s1. The number of fused-ring (bicyclic) bond motifs is 10. The molecule has 0 radical (unpaired) electrons. The van der Waals surface area contributed by atoms with Crippen molar-refractivity contribution in [2.75, 3.05) is 34.1 Å². The van der Waals surface area contributed by atoms with E-state index >= 15 is 0 Å². The van der Waals surface area contributed by atoms with Gasteiger partial charge in [-0.15, -0.1) is 0 Å². The number of hydrogen-bond acceptors (Lipinski definition) is 10. The molecule has 1 N–H and O–H groups in total. The lowest BCUT2D eigenvalue weighted by molar-refractivity contribution is -0.0758. The van der Waals surface area contributed by atoms with Gasteiger partial charge in [0.1, 0.15) is 18.4 Å². The van der Waals surface area contributed by atoms with Gasteiger partial charge in [0.05, 0.1) is 36.4 Å². The van der Waals surface area contributed by atoms with E-state index in [2.05, 4.69) is 28.5 Å². The van der Waals surface area contributed by atoms with Gasteiger partial charge in [-0.25, -0.2) is 0 Å². The average Bonchev–Trinajstić information content (AvgIpc) is 3.65. The van der Waals surface area contributed by atoms with Crippen LogP contribution in [0.25, 0.3) is 0 Å². The molecule has 11 heteroatoms. The number of ether oxygens (including phenoxy) is 4. The quantitative estimate of drug-likeness (QED) is 0.304. The number of carbonyl (C=O) groups excluding carboxylic acids is 2. The molecule has 0 aliphatic carbocycles. The summed E-state index contributed by atoms with van der Waals surface area (Å²) >= 11 is 0. The minimum absolute atomic E-state index is 0.00670. The molecule has 5 aliphatic heterocycles. The van der Waals surface area contributed by atoms with Crippen LogP contribution in [-0.4, -0.2) is 83.8 Å². The Morgan fingerprint density at radius 3 is 2.44 bits per heavy atom. The van der Waals surface area contributed by atoms with E-state index in [1.54, 1.807) is 37.5 Å². The minimum Gasteiger partial charge on any atom is -0.504 e. The number of carbonyl (C=O) groups is 2. The van der Waals surface area contributed by atoms with Gasteiger partial charge in [0, 0.05) is 40.9 Å². The van der Waals surface area contributed by atoms with Gasteiger partial charge in [-0.1, -0.05) is 30.9 Å². The maximum absolute atomic E-state index is 13.8. The molecule has 3 aromatic rings. The number of aryl methyl sites for hydroxylation is 1. The Labute approximate surface area is 278 Å². The normalized spacial score (nSPS) is 25.1. The molecule has 1 saturated heterocycles. The topological polar surface area (TPSA) is 125 Å². The van der Waals surface area contributed by atoms with Crippen LogP contribution in [0.4, 0.5) is 0 Å². The van der Waals surface area contributed by atoms with Gasteiger partial charge in [-0.2, -0.15) is 5.26 Å². The predicted molar refractivity (Wildman–Crippen MR) is 174 cm³/mol. The number of nitriles is 1. The van der Waals surface area contributed by atoms with Crippen molar-refractivity contribution >= 4 is 11.8 Å². The highest BCUT2D eigenvalue weighted by molar-refractivity contribution is 6.21. The largest absolute Gasteiger partial charge is 0.504 e. The number of nitrogens with zero attached hydrogens (tertiary/aromatic N) is 4. The third kappa shape index (κ3) is 3.99. The van der Waals surface area contributed by atoms with Crippen molar-refractivity contribution in [2.45, 2.75) is 56.9 Å². The van der Waals surface area contributed by atoms with Crippen molar-refractivity contribution in [3.05, 3.63) is 87.5 Å². The van der Waals surface area contributed by atoms with Crippen molar-refractivity contribution in [3.8, 4) is 34.8 Å². The van der Waals surface area contributed by atoms with E-state index in [1.165, 1.54) is 4.90 Å². The second kappa shape index (κ2) is 11.0. The Bertz CT molecular complexity index is 1930. The SMILES string of the molecule is C=CCOc1c(C)c2c(c3c1C[C@H]1[C@H]4c5c(cc(C)c(OC)c5O)CC([C@H](C#N)N1[C@H]3CN1C(=O)c3ccccc3C1=O)N4C)OCO2. The molecule has 11 nitrogen and oxygen atoms in total. The zero-order chi connectivity index (χ0) is 33.6. The number of hydrogen-bond donors (Lipinski definition) is 1. The van der Waals surface area contributed by atoms with Crippen LogP contribution < -0.4 is 18.9 Å². The van der Waals surface area contributed by atoms with Gasteiger partial charge in [0.25, 0.3) is 11.8 Å². The van der Waals surface area contributed by atoms with Crippen LogP contribution in [0, 0.1) is 25.2 Å². The van der Waals surface area contributed by atoms with Crippen molar-refractivity contribution in [1.82, 2.24) is 14.7 Å². The number of likely N-dealkylation sites (N-methyl/N-ethyl adjacent to an activating group) is 1. The summed E-state index contributed by atoms with van der Waals surface area (Å²) in [6, 6.07) is 9.26. The van der Waals surface area contributed by atoms with E-state index in [0.29, 0.717) is 47.0 Å². The second-order valence-corrected chi connectivity index (χ2v) is 13.1. The summed E-state index contributed by atoms with van der Waals surface area (Å²) in [5.74, 6) is 1.46.